The number of hydrogen-bond acceptors (Lipinski definition) is 4. The molecule has 2 amide bonds. The SMILES string of the molecule is CC(=O)NC[C@@]1(c2ccccc2)CC[C@H](O)[C@H](O)[C@@H](N(C)C(=O)c2ccccc2)C1. The van der Waals surface area contributed by atoms with Gasteiger partial charge in [-0.05, 0) is 37.0 Å². The zero-order valence-corrected chi connectivity index (χ0v) is 17.5. The van der Waals surface area contributed by atoms with Crippen LogP contribution in [0.3, 0.4) is 0 Å². The molecule has 6 heteroatoms. The fourth-order valence-electron chi connectivity index (χ4n) is 4.39. The van der Waals surface area contributed by atoms with Gasteiger partial charge in [0.15, 0.2) is 0 Å². The molecule has 3 rings (SSSR count). The molecule has 1 fully saturated rings. The van der Waals surface area contributed by atoms with E-state index in [0.717, 1.165) is 5.56 Å². The van der Waals surface area contributed by atoms with Gasteiger partial charge in [0.1, 0.15) is 6.10 Å². The number of likely N-dealkylation sites (N-methyl/N-ethyl adjacent to an activating group) is 1. The summed E-state index contributed by atoms with van der Waals surface area (Å²) in [5, 5.41) is 24.4. The van der Waals surface area contributed by atoms with E-state index in [-0.39, 0.29) is 11.8 Å². The zero-order chi connectivity index (χ0) is 21.7. The van der Waals surface area contributed by atoms with Crippen molar-refractivity contribution in [2.45, 2.75) is 49.9 Å². The molecule has 1 aliphatic carbocycles. The van der Waals surface area contributed by atoms with Crippen LogP contribution in [-0.2, 0) is 10.2 Å². The summed E-state index contributed by atoms with van der Waals surface area (Å²) in [5.74, 6) is -0.351. The minimum absolute atomic E-state index is 0.138. The lowest BCUT2D eigenvalue weighted by Crippen LogP contribution is -2.51. The molecular formula is C24H30N2O4. The molecule has 4 atom stereocenters. The normalized spacial score (nSPS) is 26.5. The Morgan fingerprint density at radius 3 is 2.27 bits per heavy atom. The molecule has 0 saturated heterocycles. The number of carbonyl (C=O) groups excluding carboxylic acids is 2. The van der Waals surface area contributed by atoms with Crippen molar-refractivity contribution in [3.63, 3.8) is 0 Å². The quantitative estimate of drug-likeness (QED) is 0.659. The minimum atomic E-state index is -1.08. The Labute approximate surface area is 177 Å². The van der Waals surface area contributed by atoms with Crippen LogP contribution in [0.25, 0.3) is 0 Å². The highest BCUT2D eigenvalue weighted by Crippen LogP contribution is 2.40. The molecule has 3 N–H and O–H groups in total. The average Bonchev–Trinajstić information content (AvgIpc) is 2.90. The van der Waals surface area contributed by atoms with Crippen molar-refractivity contribution in [1.29, 1.82) is 0 Å². The smallest absolute Gasteiger partial charge is 0.253 e. The summed E-state index contributed by atoms with van der Waals surface area (Å²) < 4.78 is 0. The second-order valence-corrected chi connectivity index (χ2v) is 8.21. The van der Waals surface area contributed by atoms with E-state index < -0.39 is 23.7 Å². The number of carbonyl (C=O) groups is 2. The fraction of sp³-hybridized carbons (Fsp3) is 0.417. The molecule has 160 valence electrons. The Kier molecular flexibility index (Phi) is 6.90. The van der Waals surface area contributed by atoms with Gasteiger partial charge in [-0.15, -0.1) is 0 Å². The maximum atomic E-state index is 13.1. The summed E-state index contributed by atoms with van der Waals surface area (Å²) in [5.41, 5.74) is 1.03. The number of rotatable bonds is 5. The maximum absolute atomic E-state index is 13.1. The van der Waals surface area contributed by atoms with Crippen LogP contribution in [0.2, 0.25) is 0 Å². The van der Waals surface area contributed by atoms with E-state index in [4.69, 9.17) is 0 Å². The van der Waals surface area contributed by atoms with E-state index in [1.807, 2.05) is 36.4 Å². The number of aliphatic hydroxyl groups is 2. The largest absolute Gasteiger partial charge is 0.390 e. The molecule has 0 spiro atoms. The van der Waals surface area contributed by atoms with Crippen LogP contribution >= 0.6 is 0 Å². The molecule has 0 heterocycles. The van der Waals surface area contributed by atoms with Gasteiger partial charge in [0.25, 0.3) is 5.91 Å². The van der Waals surface area contributed by atoms with Crippen LogP contribution in [0.4, 0.5) is 0 Å². The van der Waals surface area contributed by atoms with Gasteiger partial charge in [0.05, 0.1) is 12.1 Å². The number of nitrogens with zero attached hydrogens (tertiary/aromatic N) is 1. The molecule has 0 bridgehead atoms. The first-order valence-electron chi connectivity index (χ1n) is 10.3. The first-order valence-corrected chi connectivity index (χ1v) is 10.3. The summed E-state index contributed by atoms with van der Waals surface area (Å²) in [7, 11) is 1.66. The zero-order valence-electron chi connectivity index (χ0n) is 17.5. The van der Waals surface area contributed by atoms with E-state index in [9.17, 15) is 19.8 Å². The van der Waals surface area contributed by atoms with Crippen molar-refractivity contribution < 1.29 is 19.8 Å². The highest BCUT2D eigenvalue weighted by atomic mass is 16.3. The van der Waals surface area contributed by atoms with E-state index in [1.54, 1.807) is 31.3 Å². The van der Waals surface area contributed by atoms with Gasteiger partial charge in [-0.3, -0.25) is 9.59 Å². The Balaban J connectivity index is 1.98. The van der Waals surface area contributed by atoms with E-state index in [2.05, 4.69) is 5.32 Å². The lowest BCUT2D eigenvalue weighted by molar-refractivity contribution is -0.119. The summed E-state index contributed by atoms with van der Waals surface area (Å²) in [4.78, 5) is 26.3. The number of benzene rings is 2. The molecule has 1 aliphatic rings. The molecule has 0 aliphatic heterocycles. The third kappa shape index (κ3) is 4.71. The van der Waals surface area contributed by atoms with Gasteiger partial charge in [-0.1, -0.05) is 48.5 Å². The molecule has 0 unspecified atom stereocenters. The molecule has 2 aromatic rings. The molecule has 1 saturated carbocycles. The summed E-state index contributed by atoms with van der Waals surface area (Å²) in [6, 6.07) is 18.1. The molecular weight excluding hydrogens is 380 g/mol. The van der Waals surface area contributed by atoms with E-state index in [1.165, 1.54) is 11.8 Å². The van der Waals surface area contributed by atoms with Gasteiger partial charge in [0, 0.05) is 31.5 Å². The summed E-state index contributed by atoms with van der Waals surface area (Å²) >= 11 is 0. The first kappa shape index (κ1) is 22.0. The van der Waals surface area contributed by atoms with E-state index >= 15 is 0 Å². The van der Waals surface area contributed by atoms with Crippen molar-refractivity contribution >= 4 is 11.8 Å². The lowest BCUT2D eigenvalue weighted by atomic mass is 9.73. The Bertz CT molecular complexity index is 858. The van der Waals surface area contributed by atoms with Gasteiger partial charge in [-0.25, -0.2) is 0 Å². The van der Waals surface area contributed by atoms with Crippen molar-refractivity contribution in [2.75, 3.05) is 13.6 Å². The Morgan fingerprint density at radius 2 is 1.67 bits per heavy atom. The van der Waals surface area contributed by atoms with Crippen LogP contribution in [0.15, 0.2) is 60.7 Å². The predicted molar refractivity (Wildman–Crippen MR) is 115 cm³/mol. The number of aliphatic hydroxyl groups excluding tert-OH is 2. The number of nitrogens with one attached hydrogen (secondary N) is 1. The molecule has 0 aromatic heterocycles. The predicted octanol–water partition coefficient (Wildman–Crippen LogP) is 2.11. The highest BCUT2D eigenvalue weighted by molar-refractivity contribution is 5.94. The molecule has 2 aromatic carbocycles. The lowest BCUT2D eigenvalue weighted by Gasteiger charge is -2.39. The van der Waals surface area contributed by atoms with Crippen molar-refractivity contribution in [3.05, 3.63) is 71.8 Å². The number of hydrogen-bond donors (Lipinski definition) is 3. The van der Waals surface area contributed by atoms with Crippen LogP contribution in [0.5, 0.6) is 0 Å². The topological polar surface area (TPSA) is 89.9 Å². The molecule has 30 heavy (non-hydrogen) atoms. The number of amides is 2. The second kappa shape index (κ2) is 9.41. The van der Waals surface area contributed by atoms with E-state index in [0.29, 0.717) is 31.4 Å². The monoisotopic (exact) mass is 410 g/mol. The average molecular weight is 411 g/mol. The van der Waals surface area contributed by atoms with Gasteiger partial charge < -0.3 is 20.4 Å². The second-order valence-electron chi connectivity index (χ2n) is 8.21. The van der Waals surface area contributed by atoms with Crippen molar-refractivity contribution in [3.8, 4) is 0 Å². The molecule has 6 nitrogen and oxygen atoms in total. The third-order valence-corrected chi connectivity index (χ3v) is 6.21. The van der Waals surface area contributed by atoms with Crippen LogP contribution in [0.1, 0.15) is 42.1 Å². The fourth-order valence-corrected chi connectivity index (χ4v) is 4.39. The Hall–Kier alpha value is -2.70. The van der Waals surface area contributed by atoms with Crippen molar-refractivity contribution in [1.82, 2.24) is 10.2 Å². The van der Waals surface area contributed by atoms with Gasteiger partial charge >= 0.3 is 0 Å². The van der Waals surface area contributed by atoms with Crippen molar-refractivity contribution in [2.24, 2.45) is 0 Å². The minimum Gasteiger partial charge on any atom is -0.390 e. The standard InChI is InChI=1S/C24H30N2O4/c1-17(27)25-16-24(19-11-7-4-8-12-19)14-13-21(28)22(29)20(15-24)26(2)23(30)18-9-5-3-6-10-18/h3-12,20-22,28-29H,13-16H2,1-2H3,(H,25,27)/t20-,21-,22+,24+/m0/s1. The van der Waals surface area contributed by atoms with Crippen LogP contribution in [0, 0.1) is 0 Å². The summed E-state index contributed by atoms with van der Waals surface area (Å²) in [6.07, 6.45) is -0.654. The van der Waals surface area contributed by atoms with Gasteiger partial charge in [-0.2, -0.15) is 0 Å². The highest BCUT2D eigenvalue weighted by Gasteiger charge is 2.45. The maximum Gasteiger partial charge on any atom is 0.253 e. The molecule has 0 radical (unpaired) electrons. The van der Waals surface area contributed by atoms with Gasteiger partial charge in [0.2, 0.25) is 5.91 Å². The third-order valence-electron chi connectivity index (χ3n) is 6.21. The van der Waals surface area contributed by atoms with Crippen LogP contribution < -0.4 is 5.32 Å². The van der Waals surface area contributed by atoms with Crippen LogP contribution in [-0.4, -0.2) is 58.8 Å². The summed E-state index contributed by atoms with van der Waals surface area (Å²) in [6.45, 7) is 1.84. The first-order chi connectivity index (χ1) is 14.3. The Morgan fingerprint density at radius 1 is 1.07 bits per heavy atom.